The fraction of sp³-hybridized carbons (Fsp3) is 0.378. The van der Waals surface area contributed by atoms with Crippen molar-refractivity contribution in [1.82, 2.24) is 14.7 Å². The van der Waals surface area contributed by atoms with Crippen LogP contribution in [0.5, 0.6) is 11.5 Å². The Morgan fingerprint density at radius 1 is 1.11 bits per heavy atom. The van der Waals surface area contributed by atoms with Crippen molar-refractivity contribution in [2.24, 2.45) is 0 Å². The second kappa shape index (κ2) is 12.6. The van der Waals surface area contributed by atoms with Crippen LogP contribution in [-0.2, 0) is 22.1 Å². The number of pyridine rings is 2. The molecule has 10 heteroatoms. The molecular formula is C37H40FN3O5S. The third-order valence-corrected chi connectivity index (χ3v) is 10.3. The Labute approximate surface area is 277 Å². The number of rotatable bonds is 11. The molecule has 3 heterocycles. The van der Waals surface area contributed by atoms with E-state index >= 15 is 0 Å². The molecule has 0 amide bonds. The van der Waals surface area contributed by atoms with Crippen LogP contribution in [0.2, 0.25) is 0 Å². The number of benzene rings is 2. The van der Waals surface area contributed by atoms with Crippen molar-refractivity contribution in [1.29, 1.82) is 0 Å². The zero-order valence-corrected chi connectivity index (χ0v) is 28.1. The first-order valence-electron chi connectivity index (χ1n) is 15.8. The number of carbonyl (C=O) groups excluding carboxylic acids is 1. The summed E-state index contributed by atoms with van der Waals surface area (Å²) in [5.74, 6) is 0.665. The lowest BCUT2D eigenvalue weighted by Crippen LogP contribution is -2.47. The third-order valence-electron chi connectivity index (χ3n) is 8.55. The number of aromatic nitrogens is 2. The van der Waals surface area contributed by atoms with E-state index < -0.39 is 26.9 Å². The number of nitrogens with one attached hydrogen (secondary N) is 1. The average Bonchev–Trinajstić information content (AvgIpc) is 3.80. The maximum Gasteiger partial charge on any atom is 0.163 e. The number of ketones is 1. The molecule has 2 aromatic carbocycles. The van der Waals surface area contributed by atoms with Crippen LogP contribution >= 0.6 is 0 Å². The molecule has 1 saturated carbocycles. The van der Waals surface area contributed by atoms with Crippen LogP contribution in [0.15, 0.2) is 73.1 Å². The summed E-state index contributed by atoms with van der Waals surface area (Å²) in [5, 5.41) is 11.9. The van der Waals surface area contributed by atoms with E-state index in [0.717, 1.165) is 24.0 Å². The summed E-state index contributed by atoms with van der Waals surface area (Å²) in [6.07, 6.45) is 5.79. The molecule has 8 nitrogen and oxygen atoms in total. The molecule has 0 saturated heterocycles. The number of halogens is 1. The van der Waals surface area contributed by atoms with E-state index in [1.165, 1.54) is 12.1 Å². The lowest BCUT2D eigenvalue weighted by Gasteiger charge is -2.30. The molecule has 3 atom stereocenters. The highest BCUT2D eigenvalue weighted by atomic mass is 32.2. The number of fused-ring (bicyclic) bond motifs is 1. The van der Waals surface area contributed by atoms with Gasteiger partial charge in [0.2, 0.25) is 0 Å². The standard InChI is InChI=1S/C37H40FN3O5S/c1-35(2,3)47(44)41-36(4)22-45-34-29(36)20-32(40-33(34)23-8-11-26(38)12-9-23)37(5,43)17-16-30(42)24-10-15-31(46-27-13-14-27)28(19-24)25-7-6-18-39-21-25/h6-12,15,18-21,27,41,43H,13-14,16-17,22H2,1-5H3/t36-,37-,47?/m0/s1. The summed E-state index contributed by atoms with van der Waals surface area (Å²) in [7, 11) is -1.42. The van der Waals surface area contributed by atoms with Crippen LogP contribution in [0.25, 0.3) is 22.4 Å². The average molecular weight is 658 g/mol. The van der Waals surface area contributed by atoms with Crippen molar-refractivity contribution >= 4 is 16.8 Å². The predicted octanol–water partition coefficient (Wildman–Crippen LogP) is 7.02. The predicted molar refractivity (Wildman–Crippen MR) is 180 cm³/mol. The normalized spacial score (nSPS) is 19.4. The van der Waals surface area contributed by atoms with Crippen LogP contribution in [0.1, 0.15) is 81.9 Å². The smallest absolute Gasteiger partial charge is 0.163 e. The third kappa shape index (κ3) is 7.15. The van der Waals surface area contributed by atoms with Crippen molar-refractivity contribution in [3.63, 3.8) is 0 Å². The van der Waals surface area contributed by atoms with Gasteiger partial charge in [0.1, 0.15) is 29.5 Å². The molecule has 0 radical (unpaired) electrons. The monoisotopic (exact) mass is 657 g/mol. The first-order chi connectivity index (χ1) is 22.2. The Kier molecular flexibility index (Phi) is 8.80. The van der Waals surface area contributed by atoms with Gasteiger partial charge >= 0.3 is 0 Å². The number of ether oxygens (including phenoxy) is 2. The zero-order chi connectivity index (χ0) is 33.6. The molecule has 1 fully saturated rings. The molecule has 0 bridgehead atoms. The van der Waals surface area contributed by atoms with Gasteiger partial charge in [-0.2, -0.15) is 0 Å². The van der Waals surface area contributed by atoms with Crippen LogP contribution in [0, 0.1) is 5.82 Å². The minimum absolute atomic E-state index is 0.0486. The zero-order valence-electron chi connectivity index (χ0n) is 27.3. The maximum absolute atomic E-state index is 13.9. The van der Waals surface area contributed by atoms with E-state index in [0.29, 0.717) is 39.6 Å². The molecule has 0 spiro atoms. The summed E-state index contributed by atoms with van der Waals surface area (Å²) in [5.41, 5.74) is 1.82. The fourth-order valence-electron chi connectivity index (χ4n) is 5.45. The van der Waals surface area contributed by atoms with Crippen LogP contribution in [-0.4, -0.2) is 42.5 Å². The van der Waals surface area contributed by atoms with Crippen LogP contribution < -0.4 is 14.2 Å². The SMILES string of the molecule is CC(C)(C)S(=O)N[C@@]1(C)COc2c1cc([C@@](C)(O)CCC(=O)c1ccc(OC3CC3)c(-c3cccnc3)c1)nc2-c1ccc(F)cc1. The van der Waals surface area contributed by atoms with Gasteiger partial charge in [0, 0.05) is 46.6 Å². The molecule has 1 aliphatic heterocycles. The summed E-state index contributed by atoms with van der Waals surface area (Å²) >= 11 is 0. The Bertz CT molecular complexity index is 1820. The molecule has 4 aromatic rings. The Hall–Kier alpha value is -3.99. The molecule has 1 unspecified atom stereocenters. The highest BCUT2D eigenvalue weighted by molar-refractivity contribution is 7.84. The summed E-state index contributed by atoms with van der Waals surface area (Å²) < 4.78 is 42.0. The van der Waals surface area contributed by atoms with E-state index in [4.69, 9.17) is 14.5 Å². The van der Waals surface area contributed by atoms with E-state index in [9.17, 15) is 18.5 Å². The lowest BCUT2D eigenvalue weighted by atomic mass is 9.87. The second-order valence-electron chi connectivity index (χ2n) is 13.8. The number of hydrogen-bond acceptors (Lipinski definition) is 7. The first-order valence-corrected chi connectivity index (χ1v) is 17.0. The Morgan fingerprint density at radius 2 is 1.85 bits per heavy atom. The number of aliphatic hydroxyl groups is 1. The molecular weight excluding hydrogens is 617 g/mol. The maximum atomic E-state index is 13.9. The topological polar surface area (TPSA) is 111 Å². The minimum Gasteiger partial charge on any atom is -0.490 e. The molecule has 2 aromatic heterocycles. The summed E-state index contributed by atoms with van der Waals surface area (Å²) in [6, 6.07) is 16.9. The molecule has 246 valence electrons. The van der Waals surface area contributed by atoms with Crippen molar-refractivity contribution in [3.8, 4) is 33.9 Å². The molecule has 2 N–H and O–H groups in total. The number of Topliss-reactive ketones (excluding diaryl/α,β-unsaturated/α-hetero) is 1. The number of nitrogens with zero attached hydrogens (tertiary/aromatic N) is 2. The first kappa shape index (κ1) is 32.9. The fourth-order valence-corrected chi connectivity index (χ4v) is 6.34. The van der Waals surface area contributed by atoms with Gasteiger partial charge in [-0.15, -0.1) is 0 Å². The van der Waals surface area contributed by atoms with Gasteiger partial charge in [0.05, 0.1) is 33.1 Å². The number of carbonyl (C=O) groups is 1. The Balaban J connectivity index is 1.31. The minimum atomic E-state index is -1.52. The molecule has 1 aliphatic carbocycles. The van der Waals surface area contributed by atoms with Gasteiger partial charge in [-0.25, -0.2) is 18.3 Å². The van der Waals surface area contributed by atoms with Gasteiger partial charge in [0.25, 0.3) is 0 Å². The van der Waals surface area contributed by atoms with Crippen molar-refractivity contribution in [3.05, 3.63) is 95.7 Å². The van der Waals surface area contributed by atoms with Gasteiger partial charge in [0.15, 0.2) is 11.5 Å². The van der Waals surface area contributed by atoms with Gasteiger partial charge in [-0.05, 0) is 108 Å². The largest absolute Gasteiger partial charge is 0.490 e. The summed E-state index contributed by atoms with van der Waals surface area (Å²) in [4.78, 5) is 22.7. The molecule has 6 rings (SSSR count). The van der Waals surface area contributed by atoms with E-state index in [-0.39, 0.29) is 37.2 Å². The summed E-state index contributed by atoms with van der Waals surface area (Å²) in [6.45, 7) is 9.36. The van der Waals surface area contributed by atoms with Crippen molar-refractivity contribution < 1.29 is 28.0 Å². The second-order valence-corrected chi connectivity index (χ2v) is 15.8. The molecule has 47 heavy (non-hydrogen) atoms. The van der Waals surface area contributed by atoms with E-state index in [1.807, 2.05) is 52.0 Å². The van der Waals surface area contributed by atoms with Gasteiger partial charge in [-0.1, -0.05) is 6.07 Å². The lowest BCUT2D eigenvalue weighted by molar-refractivity contribution is 0.0396. The highest BCUT2D eigenvalue weighted by Gasteiger charge is 2.43. The molecule has 2 aliphatic rings. The van der Waals surface area contributed by atoms with Crippen LogP contribution in [0.4, 0.5) is 4.39 Å². The quantitative estimate of drug-likeness (QED) is 0.167. The van der Waals surface area contributed by atoms with Crippen LogP contribution in [0.3, 0.4) is 0 Å². The van der Waals surface area contributed by atoms with E-state index in [1.54, 1.807) is 43.6 Å². The number of hydrogen-bond donors (Lipinski definition) is 2. The van der Waals surface area contributed by atoms with E-state index in [2.05, 4.69) is 9.71 Å². The van der Waals surface area contributed by atoms with Gasteiger partial charge in [-0.3, -0.25) is 9.78 Å². The highest BCUT2D eigenvalue weighted by Crippen LogP contribution is 2.45. The van der Waals surface area contributed by atoms with Gasteiger partial charge < -0.3 is 14.6 Å². The van der Waals surface area contributed by atoms with Crippen molar-refractivity contribution in [2.75, 3.05) is 6.61 Å². The Morgan fingerprint density at radius 3 is 2.51 bits per heavy atom. The van der Waals surface area contributed by atoms with Crippen molar-refractivity contribution in [2.45, 2.75) is 82.3 Å².